The van der Waals surface area contributed by atoms with E-state index in [9.17, 15) is 18.8 Å². The van der Waals surface area contributed by atoms with E-state index in [2.05, 4.69) is 15.9 Å². The van der Waals surface area contributed by atoms with Gasteiger partial charge in [-0.1, -0.05) is 33.6 Å². The number of rotatable bonds is 2. The number of hydrogen-bond donors (Lipinski definition) is 1. The highest BCUT2D eigenvalue weighted by Gasteiger charge is 2.49. The Labute approximate surface area is 125 Å². The zero-order valence-electron chi connectivity index (χ0n) is 9.81. The third-order valence-electron chi connectivity index (χ3n) is 3.34. The minimum absolute atomic E-state index is 0.0776. The molecule has 1 aromatic rings. The molecule has 1 fully saturated rings. The van der Waals surface area contributed by atoms with Gasteiger partial charge in [0.2, 0.25) is 0 Å². The highest BCUT2D eigenvalue weighted by atomic mass is 79.9. The fraction of sp³-hybridized carbons (Fsp3) is 0.417. The van der Waals surface area contributed by atoms with Gasteiger partial charge in [-0.2, -0.15) is 5.26 Å². The predicted molar refractivity (Wildman–Crippen MR) is 75.4 cm³/mol. The average molecular weight is 365 g/mol. The van der Waals surface area contributed by atoms with Gasteiger partial charge in [-0.25, -0.2) is 8.42 Å². The molecule has 2 unspecified atom stereocenters. The topological polar surface area (TPSA) is 78.2 Å². The molecule has 0 amide bonds. The highest BCUT2D eigenvalue weighted by Crippen LogP contribution is 2.44. The van der Waals surface area contributed by atoms with Gasteiger partial charge < -0.3 is 5.11 Å². The fourth-order valence-electron chi connectivity index (χ4n) is 2.26. The van der Waals surface area contributed by atoms with Crippen molar-refractivity contribution in [3.8, 4) is 6.07 Å². The minimum Gasteiger partial charge on any atom is -0.387 e. The average Bonchev–Trinajstić information content (AvgIpc) is 2.65. The lowest BCUT2D eigenvalue weighted by atomic mass is 9.80. The van der Waals surface area contributed by atoms with Gasteiger partial charge >= 0.3 is 0 Å². The molecule has 1 aliphatic heterocycles. The van der Waals surface area contributed by atoms with Crippen LogP contribution in [0, 0.1) is 16.7 Å². The van der Waals surface area contributed by atoms with E-state index >= 15 is 0 Å². The normalized spacial score (nSPS) is 26.8. The van der Waals surface area contributed by atoms with Crippen molar-refractivity contribution in [3.05, 3.63) is 33.3 Å². The number of aliphatic hydroxyl groups is 1. The third kappa shape index (κ3) is 2.79. The van der Waals surface area contributed by atoms with Crippen molar-refractivity contribution in [1.82, 2.24) is 0 Å². The van der Waals surface area contributed by atoms with Gasteiger partial charge in [-0.3, -0.25) is 0 Å². The molecule has 0 spiro atoms. The molecule has 0 saturated carbocycles. The van der Waals surface area contributed by atoms with Gasteiger partial charge in [-0.15, -0.1) is 0 Å². The molecule has 4 nitrogen and oxygen atoms in total. The van der Waals surface area contributed by atoms with Crippen LogP contribution in [0.5, 0.6) is 0 Å². The van der Waals surface area contributed by atoms with Crippen molar-refractivity contribution in [2.45, 2.75) is 12.5 Å². The number of halogens is 2. The van der Waals surface area contributed by atoms with Gasteiger partial charge in [0.15, 0.2) is 9.84 Å². The second-order valence-electron chi connectivity index (χ2n) is 4.68. The SMILES string of the molecule is N#CC1(C(O)c2ccc(Br)cc2Cl)CCS(=O)(=O)C1. The quantitative estimate of drug-likeness (QED) is 0.874. The van der Waals surface area contributed by atoms with E-state index in [1.807, 2.05) is 6.07 Å². The molecule has 1 heterocycles. The first-order valence-electron chi connectivity index (χ1n) is 5.54. The van der Waals surface area contributed by atoms with Crippen LogP contribution in [0.3, 0.4) is 0 Å². The summed E-state index contributed by atoms with van der Waals surface area (Å²) in [6.45, 7) is 0. The molecule has 2 rings (SSSR count). The van der Waals surface area contributed by atoms with Crippen LogP contribution in [0.15, 0.2) is 22.7 Å². The van der Waals surface area contributed by atoms with Gasteiger partial charge in [0.05, 0.1) is 17.6 Å². The molecule has 102 valence electrons. The maximum absolute atomic E-state index is 11.6. The van der Waals surface area contributed by atoms with E-state index in [-0.39, 0.29) is 17.9 Å². The summed E-state index contributed by atoms with van der Waals surface area (Å²) in [7, 11) is -3.27. The standard InChI is InChI=1S/C12H11BrClNO3S/c13-8-1-2-9(10(14)5-8)11(16)12(6-15)3-4-19(17,18)7-12/h1-2,5,11,16H,3-4,7H2. The maximum Gasteiger partial charge on any atom is 0.152 e. The van der Waals surface area contributed by atoms with Gasteiger partial charge in [0.25, 0.3) is 0 Å². The van der Waals surface area contributed by atoms with Gasteiger partial charge in [0.1, 0.15) is 11.5 Å². The second kappa shape index (κ2) is 5.06. The smallest absolute Gasteiger partial charge is 0.152 e. The van der Waals surface area contributed by atoms with E-state index in [1.54, 1.807) is 18.2 Å². The van der Waals surface area contributed by atoms with Crippen LogP contribution in [0.25, 0.3) is 0 Å². The van der Waals surface area contributed by atoms with E-state index in [1.165, 1.54) is 0 Å². The minimum atomic E-state index is -3.27. The monoisotopic (exact) mass is 363 g/mol. The van der Waals surface area contributed by atoms with Crippen molar-refractivity contribution in [2.75, 3.05) is 11.5 Å². The molecule has 0 radical (unpaired) electrons. The third-order valence-corrected chi connectivity index (χ3v) is 5.94. The summed E-state index contributed by atoms with van der Waals surface area (Å²) in [5, 5.41) is 20.0. The molecular weight excluding hydrogens is 354 g/mol. The van der Waals surface area contributed by atoms with Gasteiger partial charge in [0, 0.05) is 15.1 Å². The Hall–Kier alpha value is -0.610. The lowest BCUT2D eigenvalue weighted by Crippen LogP contribution is -2.29. The van der Waals surface area contributed by atoms with Crippen LogP contribution in [0.4, 0.5) is 0 Å². The first kappa shape index (κ1) is 14.8. The lowest BCUT2D eigenvalue weighted by Gasteiger charge is -2.26. The summed E-state index contributed by atoms with van der Waals surface area (Å²) in [6, 6.07) is 6.87. The molecule has 1 aliphatic rings. The largest absolute Gasteiger partial charge is 0.387 e. The number of nitriles is 1. The Morgan fingerprint density at radius 1 is 1.53 bits per heavy atom. The summed E-state index contributed by atoms with van der Waals surface area (Å²) in [5.41, 5.74) is -0.931. The zero-order valence-corrected chi connectivity index (χ0v) is 13.0. The predicted octanol–water partition coefficient (Wildman–Crippen LogP) is 2.46. The van der Waals surface area contributed by atoms with Crippen molar-refractivity contribution < 1.29 is 13.5 Å². The van der Waals surface area contributed by atoms with Crippen molar-refractivity contribution in [2.24, 2.45) is 5.41 Å². The molecule has 1 saturated heterocycles. The first-order chi connectivity index (χ1) is 8.80. The molecule has 1 N–H and O–H groups in total. The number of sulfone groups is 1. The Kier molecular flexibility index (Phi) is 3.94. The molecule has 1 aromatic carbocycles. The van der Waals surface area contributed by atoms with Crippen LogP contribution in [-0.4, -0.2) is 25.0 Å². The lowest BCUT2D eigenvalue weighted by molar-refractivity contribution is 0.0794. The van der Waals surface area contributed by atoms with Crippen molar-refractivity contribution in [3.63, 3.8) is 0 Å². The van der Waals surface area contributed by atoms with Crippen LogP contribution in [-0.2, 0) is 9.84 Å². The number of aliphatic hydroxyl groups excluding tert-OH is 1. The van der Waals surface area contributed by atoms with Crippen molar-refractivity contribution >= 4 is 37.4 Å². The molecular formula is C12H11BrClNO3S. The molecule has 2 atom stereocenters. The van der Waals surface area contributed by atoms with E-state index in [4.69, 9.17) is 11.6 Å². The van der Waals surface area contributed by atoms with Crippen LogP contribution in [0.2, 0.25) is 5.02 Å². The number of nitrogens with zero attached hydrogens (tertiary/aromatic N) is 1. The fourth-order valence-corrected chi connectivity index (χ4v) is 5.01. The molecule has 0 bridgehead atoms. The van der Waals surface area contributed by atoms with Crippen LogP contribution < -0.4 is 0 Å². The summed E-state index contributed by atoms with van der Waals surface area (Å²) >= 11 is 9.29. The molecule has 19 heavy (non-hydrogen) atoms. The summed E-state index contributed by atoms with van der Waals surface area (Å²) in [4.78, 5) is 0. The number of benzene rings is 1. The molecule has 7 heteroatoms. The Morgan fingerprint density at radius 2 is 2.21 bits per heavy atom. The van der Waals surface area contributed by atoms with E-state index in [0.717, 1.165) is 4.47 Å². The maximum atomic E-state index is 11.6. The van der Waals surface area contributed by atoms with Gasteiger partial charge in [-0.05, 0) is 18.6 Å². The number of hydrogen-bond acceptors (Lipinski definition) is 4. The summed E-state index contributed by atoms with van der Waals surface area (Å²) in [5.74, 6) is -0.407. The zero-order chi connectivity index (χ0) is 14.3. The molecule has 0 aliphatic carbocycles. The first-order valence-corrected chi connectivity index (χ1v) is 8.54. The van der Waals surface area contributed by atoms with Crippen LogP contribution >= 0.6 is 27.5 Å². The summed E-state index contributed by atoms with van der Waals surface area (Å²) < 4.78 is 23.9. The Morgan fingerprint density at radius 3 is 2.68 bits per heavy atom. The highest BCUT2D eigenvalue weighted by molar-refractivity contribution is 9.10. The van der Waals surface area contributed by atoms with E-state index < -0.39 is 21.4 Å². The summed E-state index contributed by atoms with van der Waals surface area (Å²) in [6.07, 6.45) is -1.09. The van der Waals surface area contributed by atoms with Crippen molar-refractivity contribution in [1.29, 1.82) is 5.26 Å². The Bertz CT molecular complexity index is 655. The van der Waals surface area contributed by atoms with E-state index in [0.29, 0.717) is 10.6 Å². The Balaban J connectivity index is 2.43. The van der Waals surface area contributed by atoms with Crippen LogP contribution in [0.1, 0.15) is 18.1 Å². The molecule has 0 aromatic heterocycles. The second-order valence-corrected chi connectivity index (χ2v) is 8.19.